The number of nitrogens with zero attached hydrogens (tertiary/aromatic N) is 2. The van der Waals surface area contributed by atoms with Crippen LogP contribution in [0.2, 0.25) is 0 Å². The Morgan fingerprint density at radius 2 is 2.28 bits per heavy atom. The van der Waals surface area contributed by atoms with Gasteiger partial charge in [-0.05, 0) is 26.9 Å². The van der Waals surface area contributed by atoms with Gasteiger partial charge in [0.05, 0.1) is 0 Å². The van der Waals surface area contributed by atoms with Crippen LogP contribution in [0.5, 0.6) is 0 Å². The van der Waals surface area contributed by atoms with E-state index in [9.17, 15) is 4.79 Å². The molecule has 0 aromatic carbocycles. The summed E-state index contributed by atoms with van der Waals surface area (Å²) < 4.78 is 5.47. The van der Waals surface area contributed by atoms with Crippen LogP contribution in [0.4, 0.5) is 0 Å². The Labute approximate surface area is 104 Å². The second kappa shape index (κ2) is 5.59. The third kappa shape index (κ3) is 2.84. The van der Waals surface area contributed by atoms with Gasteiger partial charge >= 0.3 is 0 Å². The maximum Gasteiger partial charge on any atom is 0.253 e. The zero-order valence-corrected chi connectivity index (χ0v) is 10.5. The summed E-state index contributed by atoms with van der Waals surface area (Å²) in [7, 11) is 1.89. The molecular weight excluding hydrogens is 232 g/mol. The van der Waals surface area contributed by atoms with Crippen molar-refractivity contribution >= 4 is 0 Å². The summed E-state index contributed by atoms with van der Waals surface area (Å²) in [5, 5.41) is 10.9. The zero-order valence-electron chi connectivity index (χ0n) is 10.5. The molecule has 0 aliphatic heterocycles. The molecule has 2 heterocycles. The minimum Gasteiger partial charge on any atom is -0.420 e. The van der Waals surface area contributed by atoms with Gasteiger partial charge in [0, 0.05) is 24.4 Å². The molecular formula is C12H16N4O2. The van der Waals surface area contributed by atoms with Crippen LogP contribution in [-0.2, 0) is 6.42 Å². The fourth-order valence-corrected chi connectivity index (χ4v) is 1.62. The predicted octanol–water partition coefficient (Wildman–Crippen LogP) is 0.885. The van der Waals surface area contributed by atoms with Crippen LogP contribution in [0.25, 0.3) is 11.5 Å². The maximum absolute atomic E-state index is 11.8. The van der Waals surface area contributed by atoms with Crippen LogP contribution in [0, 0.1) is 6.92 Å². The SMILES string of the molecule is CNCCCc1nnc(-c2c[nH]c(C)cc2=O)o1. The first kappa shape index (κ1) is 12.5. The molecule has 96 valence electrons. The number of aromatic amines is 1. The number of hydrogen-bond donors (Lipinski definition) is 2. The van der Waals surface area contributed by atoms with Crippen molar-refractivity contribution in [1.82, 2.24) is 20.5 Å². The summed E-state index contributed by atoms with van der Waals surface area (Å²) in [4.78, 5) is 14.7. The van der Waals surface area contributed by atoms with Crippen LogP contribution in [-0.4, -0.2) is 28.8 Å². The number of aryl methyl sites for hydroxylation is 2. The van der Waals surface area contributed by atoms with Crippen molar-refractivity contribution in [3.8, 4) is 11.5 Å². The van der Waals surface area contributed by atoms with Crippen molar-refractivity contribution in [3.05, 3.63) is 34.1 Å². The lowest BCUT2D eigenvalue weighted by molar-refractivity contribution is 0.494. The van der Waals surface area contributed by atoms with Crippen molar-refractivity contribution in [2.75, 3.05) is 13.6 Å². The second-order valence-corrected chi connectivity index (χ2v) is 4.10. The van der Waals surface area contributed by atoms with Crippen LogP contribution in [0.15, 0.2) is 21.5 Å². The van der Waals surface area contributed by atoms with Gasteiger partial charge < -0.3 is 14.7 Å². The molecule has 0 atom stereocenters. The summed E-state index contributed by atoms with van der Waals surface area (Å²) in [5.41, 5.74) is 1.10. The van der Waals surface area contributed by atoms with Gasteiger partial charge in [-0.15, -0.1) is 10.2 Å². The fraction of sp³-hybridized carbons (Fsp3) is 0.417. The number of hydrogen-bond acceptors (Lipinski definition) is 5. The number of nitrogens with one attached hydrogen (secondary N) is 2. The number of H-pyrrole nitrogens is 1. The van der Waals surface area contributed by atoms with Gasteiger partial charge in [0.15, 0.2) is 5.43 Å². The molecule has 6 heteroatoms. The standard InChI is InChI=1S/C12H16N4O2/c1-8-6-10(17)9(7-14-8)12-16-15-11(18-12)4-3-5-13-2/h6-7,13H,3-5H2,1-2H3,(H,14,17). The Hall–Kier alpha value is -1.95. The van der Waals surface area contributed by atoms with E-state index in [0.29, 0.717) is 17.9 Å². The van der Waals surface area contributed by atoms with Crippen LogP contribution in [0.3, 0.4) is 0 Å². The molecule has 2 aromatic rings. The summed E-state index contributed by atoms with van der Waals surface area (Å²) >= 11 is 0. The van der Waals surface area contributed by atoms with Gasteiger partial charge in [0.2, 0.25) is 5.89 Å². The number of rotatable bonds is 5. The van der Waals surface area contributed by atoms with Gasteiger partial charge in [0.25, 0.3) is 5.89 Å². The first-order valence-electron chi connectivity index (χ1n) is 5.87. The monoisotopic (exact) mass is 248 g/mol. The lowest BCUT2D eigenvalue weighted by Crippen LogP contribution is -2.08. The van der Waals surface area contributed by atoms with E-state index < -0.39 is 0 Å². The Balaban J connectivity index is 2.16. The van der Waals surface area contributed by atoms with E-state index >= 15 is 0 Å². The highest BCUT2D eigenvalue weighted by Gasteiger charge is 2.11. The van der Waals surface area contributed by atoms with E-state index in [1.54, 1.807) is 6.20 Å². The molecule has 6 nitrogen and oxygen atoms in total. The summed E-state index contributed by atoms with van der Waals surface area (Å²) in [6.07, 6.45) is 3.22. The molecule has 0 bridgehead atoms. The molecule has 0 aliphatic rings. The molecule has 2 aromatic heterocycles. The van der Waals surface area contributed by atoms with Gasteiger partial charge in [-0.2, -0.15) is 0 Å². The van der Waals surface area contributed by atoms with Crippen molar-refractivity contribution in [2.24, 2.45) is 0 Å². The van der Waals surface area contributed by atoms with Crippen molar-refractivity contribution < 1.29 is 4.42 Å². The Kier molecular flexibility index (Phi) is 3.88. The van der Waals surface area contributed by atoms with E-state index in [-0.39, 0.29) is 11.3 Å². The molecule has 0 aliphatic carbocycles. The Morgan fingerprint density at radius 1 is 1.44 bits per heavy atom. The minimum absolute atomic E-state index is 0.114. The van der Waals surface area contributed by atoms with Gasteiger partial charge in [-0.25, -0.2) is 0 Å². The maximum atomic E-state index is 11.8. The van der Waals surface area contributed by atoms with E-state index in [4.69, 9.17) is 4.42 Å². The molecule has 0 amide bonds. The molecule has 2 N–H and O–H groups in total. The molecule has 0 radical (unpaired) electrons. The van der Waals surface area contributed by atoms with Crippen LogP contribution in [0.1, 0.15) is 18.0 Å². The first-order chi connectivity index (χ1) is 8.70. The predicted molar refractivity (Wildman–Crippen MR) is 67.3 cm³/mol. The van der Waals surface area contributed by atoms with Crippen molar-refractivity contribution in [2.45, 2.75) is 19.8 Å². The summed E-state index contributed by atoms with van der Waals surface area (Å²) in [6, 6.07) is 1.51. The molecule has 0 saturated carbocycles. The summed E-state index contributed by atoms with van der Waals surface area (Å²) in [6.45, 7) is 2.71. The Morgan fingerprint density at radius 3 is 3.00 bits per heavy atom. The third-order valence-corrected chi connectivity index (χ3v) is 2.57. The smallest absolute Gasteiger partial charge is 0.253 e. The highest BCUT2D eigenvalue weighted by molar-refractivity contribution is 5.50. The molecule has 2 rings (SSSR count). The van der Waals surface area contributed by atoms with Crippen LogP contribution < -0.4 is 10.7 Å². The number of pyridine rings is 1. The fourth-order valence-electron chi connectivity index (χ4n) is 1.62. The average Bonchev–Trinajstić information content (AvgIpc) is 2.78. The van der Waals surface area contributed by atoms with E-state index in [1.165, 1.54) is 6.07 Å². The van der Waals surface area contributed by atoms with Gasteiger partial charge in [0.1, 0.15) is 5.56 Å². The lowest BCUT2D eigenvalue weighted by atomic mass is 10.2. The van der Waals surface area contributed by atoms with E-state index in [2.05, 4.69) is 20.5 Å². The minimum atomic E-state index is -0.114. The van der Waals surface area contributed by atoms with E-state index in [1.807, 2.05) is 14.0 Å². The first-order valence-corrected chi connectivity index (χ1v) is 5.87. The summed E-state index contributed by atoms with van der Waals surface area (Å²) in [5.74, 6) is 0.830. The molecule has 18 heavy (non-hydrogen) atoms. The largest absolute Gasteiger partial charge is 0.420 e. The highest BCUT2D eigenvalue weighted by atomic mass is 16.4. The van der Waals surface area contributed by atoms with Gasteiger partial charge in [-0.1, -0.05) is 0 Å². The van der Waals surface area contributed by atoms with Crippen molar-refractivity contribution in [1.29, 1.82) is 0 Å². The topological polar surface area (TPSA) is 83.8 Å². The average molecular weight is 248 g/mol. The quantitative estimate of drug-likeness (QED) is 0.767. The Bertz CT molecular complexity index is 573. The van der Waals surface area contributed by atoms with E-state index in [0.717, 1.165) is 18.7 Å². The zero-order chi connectivity index (χ0) is 13.0. The lowest BCUT2D eigenvalue weighted by Gasteiger charge is -1.96. The molecule has 0 saturated heterocycles. The molecule has 0 fully saturated rings. The normalized spacial score (nSPS) is 10.8. The van der Waals surface area contributed by atoms with Crippen LogP contribution >= 0.6 is 0 Å². The highest BCUT2D eigenvalue weighted by Crippen LogP contribution is 2.13. The number of aromatic nitrogens is 3. The van der Waals surface area contributed by atoms with Gasteiger partial charge in [-0.3, -0.25) is 4.79 Å². The second-order valence-electron chi connectivity index (χ2n) is 4.10. The third-order valence-electron chi connectivity index (χ3n) is 2.57. The molecule has 0 unspecified atom stereocenters. The van der Waals surface area contributed by atoms with Crippen molar-refractivity contribution in [3.63, 3.8) is 0 Å². The molecule has 0 spiro atoms.